The predicted molar refractivity (Wildman–Crippen MR) is 64.0 cm³/mol. The van der Waals surface area contributed by atoms with Crippen molar-refractivity contribution in [3.8, 4) is 0 Å². The van der Waals surface area contributed by atoms with Gasteiger partial charge in [-0.05, 0) is 25.5 Å². The molecule has 1 aromatic heterocycles. The molecule has 0 saturated heterocycles. The summed E-state index contributed by atoms with van der Waals surface area (Å²) >= 11 is 0. The molecule has 0 atom stereocenters. The minimum absolute atomic E-state index is 0.533. The molecule has 0 radical (unpaired) electrons. The second kappa shape index (κ2) is 4.89. The Hall–Kier alpha value is -1.00. The molecule has 0 aromatic carbocycles. The summed E-state index contributed by atoms with van der Waals surface area (Å²) in [6.45, 7) is 4.69. The van der Waals surface area contributed by atoms with E-state index in [0.717, 1.165) is 43.9 Å². The number of likely N-dealkylation sites (N-methyl/N-ethyl adjacent to an activating group) is 1. The van der Waals surface area contributed by atoms with Crippen LogP contribution in [-0.4, -0.2) is 28.5 Å². The average molecular weight is 220 g/mol. The number of hydrogen-bond acceptors (Lipinski definition) is 4. The molecule has 0 bridgehead atoms. The van der Waals surface area contributed by atoms with Gasteiger partial charge in [-0.2, -0.15) is 0 Å². The minimum Gasteiger partial charge on any atom is -0.325 e. The fourth-order valence-corrected chi connectivity index (χ4v) is 2.20. The maximum absolute atomic E-state index is 5.77. The zero-order chi connectivity index (χ0) is 11.5. The third-order valence-corrected chi connectivity index (χ3v) is 3.05. The molecule has 88 valence electrons. The summed E-state index contributed by atoms with van der Waals surface area (Å²) < 4.78 is 0. The van der Waals surface area contributed by atoms with E-state index in [9.17, 15) is 0 Å². The van der Waals surface area contributed by atoms with Crippen molar-refractivity contribution in [2.24, 2.45) is 5.73 Å². The highest BCUT2D eigenvalue weighted by molar-refractivity contribution is 5.28. The van der Waals surface area contributed by atoms with E-state index < -0.39 is 0 Å². The van der Waals surface area contributed by atoms with Gasteiger partial charge in [0.05, 0.1) is 11.4 Å². The van der Waals surface area contributed by atoms with Crippen molar-refractivity contribution >= 4 is 0 Å². The van der Waals surface area contributed by atoms with Crippen LogP contribution in [0.5, 0.6) is 0 Å². The number of aromatic nitrogens is 2. The zero-order valence-electron chi connectivity index (χ0n) is 10.2. The zero-order valence-corrected chi connectivity index (χ0v) is 10.2. The quantitative estimate of drug-likeness (QED) is 0.821. The van der Waals surface area contributed by atoms with Crippen LogP contribution >= 0.6 is 0 Å². The number of nitrogens with zero attached hydrogens (tertiary/aromatic N) is 3. The number of rotatable bonds is 3. The number of fused-ring (bicyclic) bond motifs is 1. The molecule has 2 N–H and O–H groups in total. The maximum Gasteiger partial charge on any atom is 0.128 e. The fraction of sp³-hybridized carbons (Fsp3) is 0.667. The van der Waals surface area contributed by atoms with Crippen molar-refractivity contribution in [2.75, 3.05) is 13.6 Å². The van der Waals surface area contributed by atoms with Gasteiger partial charge in [-0.15, -0.1) is 0 Å². The molecule has 0 unspecified atom stereocenters. The molecule has 0 amide bonds. The second-order valence-corrected chi connectivity index (χ2v) is 4.45. The Bertz CT molecular complexity index is 376. The first-order valence-electron chi connectivity index (χ1n) is 6.00. The van der Waals surface area contributed by atoms with Gasteiger partial charge >= 0.3 is 0 Å². The lowest BCUT2D eigenvalue weighted by Gasteiger charge is -2.25. The van der Waals surface area contributed by atoms with Crippen LogP contribution in [-0.2, 0) is 25.9 Å². The lowest BCUT2D eigenvalue weighted by Crippen LogP contribution is -2.29. The van der Waals surface area contributed by atoms with Crippen LogP contribution in [0.4, 0.5) is 0 Å². The van der Waals surface area contributed by atoms with E-state index >= 15 is 0 Å². The van der Waals surface area contributed by atoms with Gasteiger partial charge in [0.1, 0.15) is 5.82 Å². The fourth-order valence-electron chi connectivity index (χ4n) is 2.20. The van der Waals surface area contributed by atoms with Crippen LogP contribution in [0, 0.1) is 0 Å². The lowest BCUT2D eigenvalue weighted by atomic mass is 10.0. The molecule has 0 saturated carbocycles. The average Bonchev–Trinajstić information content (AvgIpc) is 2.27. The minimum atomic E-state index is 0.533. The molecule has 4 heteroatoms. The van der Waals surface area contributed by atoms with Gasteiger partial charge in [0.25, 0.3) is 0 Å². The molecule has 1 aromatic rings. The Kier molecular flexibility index (Phi) is 3.51. The Morgan fingerprint density at radius 3 is 2.88 bits per heavy atom. The van der Waals surface area contributed by atoms with Crippen molar-refractivity contribution in [1.29, 1.82) is 0 Å². The number of hydrogen-bond donors (Lipinski definition) is 1. The van der Waals surface area contributed by atoms with Crippen molar-refractivity contribution in [3.05, 3.63) is 22.8 Å². The summed E-state index contributed by atoms with van der Waals surface area (Å²) in [7, 11) is 2.13. The van der Waals surface area contributed by atoms with Crippen LogP contribution in [0.2, 0.25) is 0 Å². The maximum atomic E-state index is 5.77. The molecule has 1 aliphatic heterocycles. The second-order valence-electron chi connectivity index (χ2n) is 4.45. The predicted octanol–water partition coefficient (Wildman–Crippen LogP) is 0.876. The summed E-state index contributed by atoms with van der Waals surface area (Å²) in [5.41, 5.74) is 9.31. The molecule has 1 aliphatic rings. The first-order chi connectivity index (χ1) is 7.74. The van der Waals surface area contributed by atoms with Gasteiger partial charge in [0, 0.05) is 26.1 Å². The summed E-state index contributed by atoms with van der Waals surface area (Å²) in [6.07, 6.45) is 3.06. The van der Waals surface area contributed by atoms with E-state index in [-0.39, 0.29) is 0 Å². The molecule has 0 aliphatic carbocycles. The molecule has 16 heavy (non-hydrogen) atoms. The topological polar surface area (TPSA) is 55.0 Å². The van der Waals surface area contributed by atoms with E-state index in [1.165, 1.54) is 11.3 Å². The molecule has 4 nitrogen and oxygen atoms in total. The van der Waals surface area contributed by atoms with Crippen molar-refractivity contribution < 1.29 is 0 Å². The Labute approximate surface area is 96.9 Å². The first-order valence-corrected chi connectivity index (χ1v) is 6.00. The highest BCUT2D eigenvalue weighted by Crippen LogP contribution is 2.19. The Morgan fingerprint density at radius 2 is 2.19 bits per heavy atom. The van der Waals surface area contributed by atoms with Gasteiger partial charge in [0.15, 0.2) is 0 Å². The van der Waals surface area contributed by atoms with Gasteiger partial charge in [0.2, 0.25) is 0 Å². The standard InChI is InChI=1S/C12H20N4/c1-3-4-12-14-10(7-13)9-5-6-16(2)8-11(9)15-12/h3-8,13H2,1-2H3. The normalized spacial score (nSPS) is 16.2. The molecule has 2 heterocycles. The summed E-state index contributed by atoms with van der Waals surface area (Å²) in [6, 6.07) is 0. The lowest BCUT2D eigenvalue weighted by molar-refractivity contribution is 0.305. The molecule has 0 fully saturated rings. The summed E-state index contributed by atoms with van der Waals surface area (Å²) in [5.74, 6) is 0.956. The van der Waals surface area contributed by atoms with Crippen LogP contribution in [0.15, 0.2) is 0 Å². The third-order valence-electron chi connectivity index (χ3n) is 3.05. The van der Waals surface area contributed by atoms with E-state index in [2.05, 4.69) is 28.8 Å². The van der Waals surface area contributed by atoms with Crippen LogP contribution in [0.25, 0.3) is 0 Å². The monoisotopic (exact) mass is 220 g/mol. The van der Waals surface area contributed by atoms with Crippen LogP contribution < -0.4 is 5.73 Å². The van der Waals surface area contributed by atoms with Gasteiger partial charge in [-0.1, -0.05) is 6.92 Å². The van der Waals surface area contributed by atoms with Crippen molar-refractivity contribution in [2.45, 2.75) is 39.3 Å². The molecular formula is C12H20N4. The van der Waals surface area contributed by atoms with Crippen molar-refractivity contribution in [1.82, 2.24) is 14.9 Å². The van der Waals surface area contributed by atoms with Crippen molar-refractivity contribution in [3.63, 3.8) is 0 Å². The van der Waals surface area contributed by atoms with Crippen LogP contribution in [0.3, 0.4) is 0 Å². The largest absolute Gasteiger partial charge is 0.325 e. The number of aryl methyl sites for hydroxylation is 1. The molecule has 2 rings (SSSR count). The first kappa shape index (κ1) is 11.5. The Balaban J connectivity index is 2.38. The van der Waals surface area contributed by atoms with Gasteiger partial charge in [-0.25, -0.2) is 9.97 Å². The van der Waals surface area contributed by atoms with Crippen LogP contribution in [0.1, 0.15) is 36.1 Å². The van der Waals surface area contributed by atoms with Gasteiger partial charge in [-0.3, -0.25) is 0 Å². The highest BCUT2D eigenvalue weighted by Gasteiger charge is 2.19. The third kappa shape index (κ3) is 2.23. The van der Waals surface area contributed by atoms with E-state index in [0.29, 0.717) is 6.54 Å². The Morgan fingerprint density at radius 1 is 1.38 bits per heavy atom. The van der Waals surface area contributed by atoms with E-state index in [4.69, 9.17) is 5.73 Å². The highest BCUT2D eigenvalue weighted by atomic mass is 15.1. The van der Waals surface area contributed by atoms with Gasteiger partial charge < -0.3 is 10.6 Å². The molecular weight excluding hydrogens is 200 g/mol. The number of nitrogens with two attached hydrogens (primary N) is 1. The summed E-state index contributed by atoms with van der Waals surface area (Å²) in [5, 5.41) is 0. The van der Waals surface area contributed by atoms with E-state index in [1.807, 2.05) is 0 Å². The smallest absolute Gasteiger partial charge is 0.128 e. The SMILES string of the molecule is CCCc1nc(CN)c2c(n1)CN(C)CC2. The van der Waals surface area contributed by atoms with E-state index in [1.54, 1.807) is 0 Å². The molecule has 0 spiro atoms. The summed E-state index contributed by atoms with van der Waals surface area (Å²) in [4.78, 5) is 11.5.